The zero-order valence-corrected chi connectivity index (χ0v) is 11.8. The van der Waals surface area contributed by atoms with E-state index in [1.54, 1.807) is 0 Å². The molecule has 0 aromatic heterocycles. The van der Waals surface area contributed by atoms with Crippen molar-refractivity contribution < 1.29 is 4.74 Å². The van der Waals surface area contributed by atoms with Gasteiger partial charge in [0.2, 0.25) is 0 Å². The van der Waals surface area contributed by atoms with Crippen LogP contribution < -0.4 is 0 Å². The standard InChI is InChI=1S/C16H30O/c1-3-13-5-7-14(8-6-13)15-9-11-16(12-10-15)17-4-2/h13-16H,3-12H2,1-2H3/t13-,14-,15-,16-. The second kappa shape index (κ2) is 6.78. The van der Waals surface area contributed by atoms with Gasteiger partial charge in [-0.2, -0.15) is 0 Å². The molecule has 0 unspecified atom stereocenters. The third kappa shape index (κ3) is 3.71. The highest BCUT2D eigenvalue weighted by Gasteiger charge is 2.30. The molecule has 1 nitrogen and oxygen atoms in total. The quantitative estimate of drug-likeness (QED) is 0.683. The molecule has 2 saturated carbocycles. The molecule has 100 valence electrons. The van der Waals surface area contributed by atoms with E-state index < -0.39 is 0 Å². The Bertz CT molecular complexity index is 198. The molecule has 0 spiro atoms. The van der Waals surface area contributed by atoms with Crippen LogP contribution in [-0.2, 0) is 4.74 Å². The summed E-state index contributed by atoms with van der Waals surface area (Å²) in [6, 6.07) is 0. The number of rotatable bonds is 4. The van der Waals surface area contributed by atoms with Crippen molar-refractivity contribution in [3.05, 3.63) is 0 Å². The first-order valence-electron chi connectivity index (χ1n) is 7.95. The molecule has 0 heterocycles. The van der Waals surface area contributed by atoms with Gasteiger partial charge in [0.05, 0.1) is 6.10 Å². The largest absolute Gasteiger partial charge is 0.379 e. The van der Waals surface area contributed by atoms with Gasteiger partial charge in [0.25, 0.3) is 0 Å². The fourth-order valence-electron chi connectivity index (χ4n) is 4.03. The molecule has 2 aliphatic carbocycles. The van der Waals surface area contributed by atoms with Gasteiger partial charge in [-0.15, -0.1) is 0 Å². The number of hydrogen-bond donors (Lipinski definition) is 0. The zero-order valence-electron chi connectivity index (χ0n) is 11.8. The highest BCUT2D eigenvalue weighted by atomic mass is 16.5. The number of ether oxygens (including phenoxy) is 1. The lowest BCUT2D eigenvalue weighted by Gasteiger charge is -2.37. The van der Waals surface area contributed by atoms with Crippen molar-refractivity contribution in [3.8, 4) is 0 Å². The third-order valence-corrected chi connectivity index (χ3v) is 5.26. The van der Waals surface area contributed by atoms with E-state index in [1.807, 2.05) is 0 Å². The molecule has 0 saturated heterocycles. The molecule has 17 heavy (non-hydrogen) atoms. The average Bonchev–Trinajstić information content (AvgIpc) is 2.40. The van der Waals surface area contributed by atoms with E-state index in [-0.39, 0.29) is 0 Å². The SMILES string of the molecule is CCO[C@H]1CC[C@H]([C@H]2CC[C@H](CC)CC2)CC1. The molecule has 0 N–H and O–H groups in total. The summed E-state index contributed by atoms with van der Waals surface area (Å²) in [6.07, 6.45) is 13.6. The van der Waals surface area contributed by atoms with Crippen LogP contribution >= 0.6 is 0 Å². The maximum absolute atomic E-state index is 5.75. The maximum atomic E-state index is 5.75. The average molecular weight is 238 g/mol. The molecule has 0 radical (unpaired) electrons. The van der Waals surface area contributed by atoms with Crippen LogP contribution in [-0.4, -0.2) is 12.7 Å². The van der Waals surface area contributed by atoms with Crippen LogP contribution in [0.3, 0.4) is 0 Å². The zero-order chi connectivity index (χ0) is 12.1. The summed E-state index contributed by atoms with van der Waals surface area (Å²) in [7, 11) is 0. The molecule has 2 aliphatic rings. The van der Waals surface area contributed by atoms with E-state index in [0.29, 0.717) is 6.10 Å². The van der Waals surface area contributed by atoms with Crippen molar-refractivity contribution in [3.63, 3.8) is 0 Å². The first kappa shape index (κ1) is 13.4. The van der Waals surface area contributed by atoms with Crippen LogP contribution in [0.25, 0.3) is 0 Å². The minimum absolute atomic E-state index is 0.586. The molecule has 0 amide bonds. The van der Waals surface area contributed by atoms with Crippen molar-refractivity contribution in [2.45, 2.75) is 77.7 Å². The van der Waals surface area contributed by atoms with Gasteiger partial charge in [-0.3, -0.25) is 0 Å². The molecule has 0 atom stereocenters. The van der Waals surface area contributed by atoms with E-state index >= 15 is 0 Å². The van der Waals surface area contributed by atoms with Gasteiger partial charge in [-0.1, -0.05) is 26.2 Å². The van der Waals surface area contributed by atoms with Crippen molar-refractivity contribution in [1.29, 1.82) is 0 Å². The van der Waals surface area contributed by atoms with E-state index in [9.17, 15) is 0 Å². The molecule has 2 fully saturated rings. The molecule has 0 aromatic carbocycles. The Kier molecular flexibility index (Phi) is 5.34. The lowest BCUT2D eigenvalue weighted by molar-refractivity contribution is 0.0135. The first-order chi connectivity index (χ1) is 8.33. The Morgan fingerprint density at radius 3 is 1.76 bits per heavy atom. The summed E-state index contributed by atoms with van der Waals surface area (Å²) >= 11 is 0. The predicted octanol–water partition coefficient (Wildman–Crippen LogP) is 4.80. The van der Waals surface area contributed by atoms with E-state index in [0.717, 1.165) is 24.4 Å². The topological polar surface area (TPSA) is 9.23 Å². The molecular weight excluding hydrogens is 208 g/mol. The van der Waals surface area contributed by atoms with Crippen LogP contribution in [0.15, 0.2) is 0 Å². The summed E-state index contributed by atoms with van der Waals surface area (Å²) < 4.78 is 5.75. The van der Waals surface area contributed by atoms with Crippen molar-refractivity contribution >= 4 is 0 Å². The Morgan fingerprint density at radius 1 is 0.765 bits per heavy atom. The van der Waals surface area contributed by atoms with Gasteiger partial charge in [0.1, 0.15) is 0 Å². The van der Waals surface area contributed by atoms with Gasteiger partial charge in [0, 0.05) is 6.61 Å². The Labute approximate surface area is 107 Å². The second-order valence-electron chi connectivity index (χ2n) is 6.18. The van der Waals surface area contributed by atoms with Crippen LogP contribution in [0.2, 0.25) is 0 Å². The second-order valence-corrected chi connectivity index (χ2v) is 6.18. The summed E-state index contributed by atoms with van der Waals surface area (Å²) in [5.41, 5.74) is 0. The number of hydrogen-bond acceptors (Lipinski definition) is 1. The van der Waals surface area contributed by atoms with Crippen molar-refractivity contribution in [2.75, 3.05) is 6.61 Å². The normalized spacial score (nSPS) is 39.2. The molecule has 2 rings (SSSR count). The minimum Gasteiger partial charge on any atom is -0.379 e. The molecule has 0 aromatic rings. The Morgan fingerprint density at radius 2 is 1.29 bits per heavy atom. The Balaban J connectivity index is 1.70. The lowest BCUT2D eigenvalue weighted by atomic mass is 9.70. The van der Waals surface area contributed by atoms with Gasteiger partial charge < -0.3 is 4.74 Å². The highest BCUT2D eigenvalue weighted by Crippen LogP contribution is 2.41. The van der Waals surface area contributed by atoms with Gasteiger partial charge >= 0.3 is 0 Å². The third-order valence-electron chi connectivity index (χ3n) is 5.26. The first-order valence-corrected chi connectivity index (χ1v) is 7.95. The summed E-state index contributed by atoms with van der Waals surface area (Å²) in [4.78, 5) is 0. The fourth-order valence-corrected chi connectivity index (χ4v) is 4.03. The molecule has 0 aliphatic heterocycles. The van der Waals surface area contributed by atoms with E-state index in [4.69, 9.17) is 4.74 Å². The molecule has 1 heteroatoms. The van der Waals surface area contributed by atoms with Crippen molar-refractivity contribution in [1.82, 2.24) is 0 Å². The molecule has 0 bridgehead atoms. The fraction of sp³-hybridized carbons (Fsp3) is 1.00. The van der Waals surface area contributed by atoms with Gasteiger partial charge in [-0.05, 0) is 63.2 Å². The van der Waals surface area contributed by atoms with E-state index in [1.165, 1.54) is 57.8 Å². The summed E-state index contributed by atoms with van der Waals surface area (Å²) in [6.45, 7) is 5.38. The van der Waals surface area contributed by atoms with Crippen LogP contribution in [0, 0.1) is 17.8 Å². The lowest BCUT2D eigenvalue weighted by Crippen LogP contribution is -2.28. The monoisotopic (exact) mass is 238 g/mol. The van der Waals surface area contributed by atoms with Crippen LogP contribution in [0.5, 0.6) is 0 Å². The highest BCUT2D eigenvalue weighted by molar-refractivity contribution is 4.82. The summed E-state index contributed by atoms with van der Waals surface area (Å²) in [5, 5.41) is 0. The van der Waals surface area contributed by atoms with E-state index in [2.05, 4.69) is 13.8 Å². The maximum Gasteiger partial charge on any atom is 0.0575 e. The van der Waals surface area contributed by atoms with Gasteiger partial charge in [-0.25, -0.2) is 0 Å². The minimum atomic E-state index is 0.586. The smallest absolute Gasteiger partial charge is 0.0575 e. The van der Waals surface area contributed by atoms with Crippen LogP contribution in [0.1, 0.15) is 71.6 Å². The van der Waals surface area contributed by atoms with Crippen molar-refractivity contribution in [2.24, 2.45) is 17.8 Å². The molecular formula is C16H30O. The van der Waals surface area contributed by atoms with Crippen LogP contribution in [0.4, 0.5) is 0 Å². The summed E-state index contributed by atoms with van der Waals surface area (Å²) in [5.74, 6) is 3.14. The predicted molar refractivity (Wildman–Crippen MR) is 73.1 cm³/mol. The Hall–Kier alpha value is -0.0400. The van der Waals surface area contributed by atoms with Gasteiger partial charge in [0.15, 0.2) is 0 Å².